The van der Waals surface area contributed by atoms with Gasteiger partial charge in [-0.1, -0.05) is 12.1 Å². The number of nitrogens with one attached hydrogen (secondary N) is 1. The SMILES string of the molecule is CC(=O)NC(Cc1ccc(N(CCCl)CCCl)cc1)C(=O)[O-]. The number of benzene rings is 1. The molecule has 1 N–H and O–H groups in total. The van der Waals surface area contributed by atoms with Crippen molar-refractivity contribution in [1.29, 1.82) is 0 Å². The second-order valence-electron chi connectivity index (χ2n) is 4.81. The Morgan fingerprint density at radius 3 is 2.14 bits per heavy atom. The minimum absolute atomic E-state index is 0.174. The Morgan fingerprint density at radius 2 is 1.73 bits per heavy atom. The van der Waals surface area contributed by atoms with Crippen molar-refractivity contribution in [2.24, 2.45) is 0 Å². The number of carbonyl (C=O) groups excluding carboxylic acids is 2. The first-order chi connectivity index (χ1) is 10.5. The zero-order valence-electron chi connectivity index (χ0n) is 12.4. The number of amides is 1. The second-order valence-corrected chi connectivity index (χ2v) is 5.56. The molecule has 1 atom stereocenters. The molecule has 122 valence electrons. The van der Waals surface area contributed by atoms with Gasteiger partial charge in [-0.3, -0.25) is 4.79 Å². The standard InChI is InChI=1S/C15H20Cl2N2O3/c1-11(20)18-14(15(21)22)10-12-2-4-13(5-3-12)19(8-6-16)9-7-17/h2-5,14H,6-10H2,1H3,(H,18,20)(H,21,22)/p-1. The molecule has 22 heavy (non-hydrogen) atoms. The lowest BCUT2D eigenvalue weighted by atomic mass is 10.1. The smallest absolute Gasteiger partial charge is 0.217 e. The summed E-state index contributed by atoms with van der Waals surface area (Å²) >= 11 is 11.5. The first-order valence-corrected chi connectivity index (χ1v) is 7.98. The average molecular weight is 346 g/mol. The molecule has 1 aromatic rings. The maximum absolute atomic E-state index is 11.0. The Morgan fingerprint density at radius 1 is 1.18 bits per heavy atom. The Hall–Kier alpha value is -1.46. The molecule has 1 rings (SSSR count). The third kappa shape index (κ3) is 6.12. The summed E-state index contributed by atoms with van der Waals surface area (Å²) < 4.78 is 0. The minimum atomic E-state index is -1.30. The quantitative estimate of drug-likeness (QED) is 0.671. The van der Waals surface area contributed by atoms with Crippen LogP contribution in [0.1, 0.15) is 12.5 Å². The summed E-state index contributed by atoms with van der Waals surface area (Å²) in [5.74, 6) is -0.714. The van der Waals surface area contributed by atoms with Crippen LogP contribution in [0.2, 0.25) is 0 Å². The Bertz CT molecular complexity index is 488. The normalized spacial score (nSPS) is 11.8. The van der Waals surface area contributed by atoms with Crippen LogP contribution >= 0.6 is 23.2 Å². The van der Waals surface area contributed by atoms with Crippen molar-refractivity contribution in [3.05, 3.63) is 29.8 Å². The van der Waals surface area contributed by atoms with E-state index in [2.05, 4.69) is 5.32 Å². The van der Waals surface area contributed by atoms with Crippen LogP contribution in [0.3, 0.4) is 0 Å². The first kappa shape index (κ1) is 18.6. The van der Waals surface area contributed by atoms with Crippen molar-refractivity contribution in [3.8, 4) is 0 Å². The lowest BCUT2D eigenvalue weighted by molar-refractivity contribution is -0.308. The molecule has 0 aliphatic heterocycles. The van der Waals surface area contributed by atoms with Gasteiger partial charge < -0.3 is 20.1 Å². The Labute approximate surface area is 140 Å². The van der Waals surface area contributed by atoms with E-state index in [0.29, 0.717) is 24.8 Å². The molecular formula is C15H19Cl2N2O3-. The highest BCUT2D eigenvalue weighted by molar-refractivity contribution is 6.18. The maximum Gasteiger partial charge on any atom is 0.217 e. The van der Waals surface area contributed by atoms with Crippen molar-refractivity contribution < 1.29 is 14.7 Å². The summed E-state index contributed by atoms with van der Waals surface area (Å²) in [7, 11) is 0. The zero-order valence-corrected chi connectivity index (χ0v) is 13.9. The summed E-state index contributed by atoms with van der Waals surface area (Å²) in [6.45, 7) is 2.64. The Balaban J connectivity index is 2.78. The highest BCUT2D eigenvalue weighted by Gasteiger charge is 2.12. The van der Waals surface area contributed by atoms with E-state index in [-0.39, 0.29) is 6.42 Å². The van der Waals surface area contributed by atoms with Crippen LogP contribution in [0.25, 0.3) is 0 Å². The number of carboxylic acids is 1. The zero-order chi connectivity index (χ0) is 16.5. The molecule has 0 fully saturated rings. The minimum Gasteiger partial charge on any atom is -0.548 e. The van der Waals surface area contributed by atoms with Crippen molar-refractivity contribution in [2.75, 3.05) is 29.7 Å². The third-order valence-electron chi connectivity index (χ3n) is 3.11. The van der Waals surface area contributed by atoms with Crippen molar-refractivity contribution in [3.63, 3.8) is 0 Å². The number of anilines is 1. The topological polar surface area (TPSA) is 72.5 Å². The molecule has 1 unspecified atom stereocenters. The molecule has 0 radical (unpaired) electrons. The van der Waals surface area contributed by atoms with Crippen LogP contribution in [-0.2, 0) is 16.0 Å². The summed E-state index contributed by atoms with van der Waals surface area (Å²) in [5, 5.41) is 13.4. The van der Waals surface area contributed by atoms with Gasteiger partial charge in [0.25, 0.3) is 0 Å². The van der Waals surface area contributed by atoms with Gasteiger partial charge in [0.15, 0.2) is 0 Å². The second kappa shape index (κ2) is 9.54. The molecule has 0 saturated carbocycles. The first-order valence-electron chi connectivity index (χ1n) is 6.91. The van der Waals surface area contributed by atoms with Gasteiger partial charge in [0.1, 0.15) is 0 Å². The summed E-state index contributed by atoms with van der Waals surface area (Å²) in [6, 6.07) is 6.37. The predicted octanol–water partition coefficient (Wildman–Crippen LogP) is 0.768. The van der Waals surface area contributed by atoms with Gasteiger partial charge in [-0.2, -0.15) is 0 Å². The van der Waals surface area contributed by atoms with Crippen LogP contribution in [0.15, 0.2) is 24.3 Å². The lowest BCUT2D eigenvalue weighted by Crippen LogP contribution is -2.48. The van der Waals surface area contributed by atoms with Gasteiger partial charge in [-0.05, 0) is 24.1 Å². The number of hydrogen-bond donors (Lipinski definition) is 1. The number of nitrogens with zero attached hydrogens (tertiary/aromatic N) is 1. The van der Waals surface area contributed by atoms with Gasteiger partial charge in [0.2, 0.25) is 5.91 Å². The van der Waals surface area contributed by atoms with Crippen LogP contribution in [0.5, 0.6) is 0 Å². The Kier molecular flexibility index (Phi) is 8.06. The van der Waals surface area contributed by atoms with Gasteiger partial charge in [-0.15, -0.1) is 23.2 Å². The van der Waals surface area contributed by atoms with Gasteiger partial charge >= 0.3 is 0 Å². The van der Waals surface area contributed by atoms with E-state index in [4.69, 9.17) is 23.2 Å². The van der Waals surface area contributed by atoms with Crippen molar-refractivity contribution in [1.82, 2.24) is 5.32 Å². The predicted molar refractivity (Wildman–Crippen MR) is 86.4 cm³/mol. The summed E-state index contributed by atoms with van der Waals surface area (Å²) in [4.78, 5) is 24.1. The molecule has 0 aliphatic carbocycles. The average Bonchev–Trinajstić information content (AvgIpc) is 2.46. The van der Waals surface area contributed by atoms with E-state index in [1.165, 1.54) is 6.92 Å². The van der Waals surface area contributed by atoms with Crippen LogP contribution in [0.4, 0.5) is 5.69 Å². The maximum atomic E-state index is 11.0. The number of aliphatic carboxylic acids is 1. The summed E-state index contributed by atoms with van der Waals surface area (Å²) in [6.07, 6.45) is 0.174. The molecule has 0 aliphatic rings. The molecule has 0 heterocycles. The third-order valence-corrected chi connectivity index (χ3v) is 3.45. The fraction of sp³-hybridized carbons (Fsp3) is 0.467. The van der Waals surface area contributed by atoms with Crippen LogP contribution in [-0.4, -0.2) is 42.8 Å². The molecule has 0 saturated heterocycles. The molecule has 1 amide bonds. The van der Waals surface area contributed by atoms with Crippen LogP contribution < -0.4 is 15.3 Å². The number of carboxylic acid groups (broad SMARTS) is 1. The number of carbonyl (C=O) groups is 2. The van der Waals surface area contributed by atoms with E-state index < -0.39 is 17.9 Å². The summed E-state index contributed by atoms with van der Waals surface area (Å²) in [5.41, 5.74) is 1.76. The van der Waals surface area contributed by atoms with Gasteiger partial charge in [0.05, 0.1) is 12.0 Å². The molecule has 0 bridgehead atoms. The highest BCUT2D eigenvalue weighted by atomic mass is 35.5. The molecule has 1 aromatic carbocycles. The number of hydrogen-bond acceptors (Lipinski definition) is 4. The van der Waals surface area contributed by atoms with Crippen LogP contribution in [0, 0.1) is 0 Å². The van der Waals surface area contributed by atoms with E-state index in [0.717, 1.165) is 11.3 Å². The lowest BCUT2D eigenvalue weighted by Gasteiger charge is -2.23. The molecule has 0 spiro atoms. The molecular weight excluding hydrogens is 327 g/mol. The number of rotatable bonds is 9. The van der Waals surface area contributed by atoms with Crippen molar-refractivity contribution >= 4 is 40.8 Å². The van der Waals surface area contributed by atoms with E-state index in [1.54, 1.807) is 0 Å². The highest BCUT2D eigenvalue weighted by Crippen LogP contribution is 2.16. The monoisotopic (exact) mass is 345 g/mol. The van der Waals surface area contributed by atoms with Crippen molar-refractivity contribution in [2.45, 2.75) is 19.4 Å². The number of halogens is 2. The van der Waals surface area contributed by atoms with E-state index in [1.807, 2.05) is 29.2 Å². The molecule has 0 aromatic heterocycles. The number of alkyl halides is 2. The van der Waals surface area contributed by atoms with Gasteiger partial charge in [-0.25, -0.2) is 0 Å². The molecule has 7 heteroatoms. The fourth-order valence-electron chi connectivity index (χ4n) is 2.09. The van der Waals surface area contributed by atoms with E-state index >= 15 is 0 Å². The molecule has 5 nitrogen and oxygen atoms in total. The largest absolute Gasteiger partial charge is 0.548 e. The van der Waals surface area contributed by atoms with E-state index in [9.17, 15) is 14.7 Å². The fourth-order valence-corrected chi connectivity index (χ4v) is 2.50. The van der Waals surface area contributed by atoms with Gasteiger partial charge in [0, 0.05) is 37.5 Å².